The summed E-state index contributed by atoms with van der Waals surface area (Å²) in [5, 5.41) is 8.31. The average molecular weight is 261 g/mol. The molecule has 19 heavy (non-hydrogen) atoms. The number of hydrogen-bond donors (Lipinski definition) is 1. The van der Waals surface area contributed by atoms with Crippen molar-refractivity contribution in [3.05, 3.63) is 17.5 Å². The van der Waals surface area contributed by atoms with Crippen LogP contribution in [0.4, 0.5) is 0 Å². The highest BCUT2D eigenvalue weighted by Crippen LogP contribution is 2.55. The topological polar surface area (TPSA) is 29.9 Å². The third-order valence-electron chi connectivity index (χ3n) is 5.13. The monoisotopic (exact) mass is 261 g/mol. The van der Waals surface area contributed by atoms with Gasteiger partial charge in [-0.2, -0.15) is 5.10 Å². The Morgan fingerprint density at radius 1 is 1.32 bits per heavy atom. The first kappa shape index (κ1) is 13.2. The zero-order valence-corrected chi connectivity index (χ0v) is 12.5. The predicted molar refractivity (Wildman–Crippen MR) is 78.1 cm³/mol. The summed E-state index contributed by atoms with van der Waals surface area (Å²) in [6.45, 7) is 5.48. The molecule has 1 heterocycles. The summed E-state index contributed by atoms with van der Waals surface area (Å²) in [6, 6.07) is 2.94. The highest BCUT2D eigenvalue weighted by atomic mass is 15.3. The molecule has 0 aliphatic heterocycles. The Balaban J connectivity index is 1.67. The Morgan fingerprint density at radius 3 is 2.63 bits per heavy atom. The van der Waals surface area contributed by atoms with E-state index in [-0.39, 0.29) is 0 Å². The van der Waals surface area contributed by atoms with Gasteiger partial charge in [0.2, 0.25) is 0 Å². The molecule has 2 fully saturated rings. The standard InChI is InChI=1S/C16H27N3/c1-4-14-9-15(19(3)18-14)10-16(17-5-2)13-7-11-6-12(11)8-13/h9,11-13,16-17H,4-8,10H2,1-3H3. The number of fused-ring (bicyclic) bond motifs is 1. The van der Waals surface area contributed by atoms with Crippen molar-refractivity contribution < 1.29 is 0 Å². The van der Waals surface area contributed by atoms with E-state index in [9.17, 15) is 0 Å². The molecule has 0 spiro atoms. The third-order valence-corrected chi connectivity index (χ3v) is 5.13. The van der Waals surface area contributed by atoms with Gasteiger partial charge in [0.25, 0.3) is 0 Å². The zero-order chi connectivity index (χ0) is 13.4. The molecule has 3 unspecified atom stereocenters. The molecule has 1 N–H and O–H groups in total. The number of hydrogen-bond acceptors (Lipinski definition) is 2. The van der Waals surface area contributed by atoms with Crippen molar-refractivity contribution in [3.63, 3.8) is 0 Å². The molecule has 0 bridgehead atoms. The van der Waals surface area contributed by atoms with Gasteiger partial charge >= 0.3 is 0 Å². The SMILES string of the molecule is CCNC(Cc1cc(CC)nn1C)C1CC2CC2C1. The third kappa shape index (κ3) is 2.71. The summed E-state index contributed by atoms with van der Waals surface area (Å²) in [6.07, 6.45) is 6.61. The van der Waals surface area contributed by atoms with E-state index < -0.39 is 0 Å². The number of nitrogens with one attached hydrogen (secondary N) is 1. The molecule has 0 amide bonds. The first-order valence-corrected chi connectivity index (χ1v) is 7.96. The van der Waals surface area contributed by atoms with E-state index in [0.717, 1.165) is 37.1 Å². The van der Waals surface area contributed by atoms with Crippen LogP contribution < -0.4 is 5.32 Å². The fraction of sp³-hybridized carbons (Fsp3) is 0.812. The molecule has 0 radical (unpaired) electrons. The Kier molecular flexibility index (Phi) is 3.66. The lowest BCUT2D eigenvalue weighted by atomic mass is 9.91. The van der Waals surface area contributed by atoms with Crippen LogP contribution in [0.5, 0.6) is 0 Å². The minimum Gasteiger partial charge on any atom is -0.314 e. The van der Waals surface area contributed by atoms with Gasteiger partial charge in [-0.15, -0.1) is 0 Å². The van der Waals surface area contributed by atoms with Crippen molar-refractivity contribution in [2.24, 2.45) is 24.8 Å². The second kappa shape index (κ2) is 5.28. The smallest absolute Gasteiger partial charge is 0.0624 e. The van der Waals surface area contributed by atoms with Crippen LogP contribution >= 0.6 is 0 Å². The van der Waals surface area contributed by atoms with Gasteiger partial charge in [0.05, 0.1) is 5.69 Å². The lowest BCUT2D eigenvalue weighted by Gasteiger charge is -2.25. The number of aryl methyl sites for hydroxylation is 2. The van der Waals surface area contributed by atoms with Crippen molar-refractivity contribution >= 4 is 0 Å². The van der Waals surface area contributed by atoms with Gasteiger partial charge < -0.3 is 5.32 Å². The van der Waals surface area contributed by atoms with Crippen LogP contribution in [0.15, 0.2) is 6.07 Å². The van der Waals surface area contributed by atoms with Crippen molar-refractivity contribution in [2.45, 2.75) is 52.0 Å². The molecule has 2 saturated carbocycles. The van der Waals surface area contributed by atoms with Gasteiger partial charge in [0, 0.05) is 25.2 Å². The number of rotatable bonds is 6. The van der Waals surface area contributed by atoms with Gasteiger partial charge in [0.1, 0.15) is 0 Å². The average Bonchev–Trinajstić information content (AvgIpc) is 2.84. The van der Waals surface area contributed by atoms with Crippen molar-refractivity contribution in [2.75, 3.05) is 6.54 Å². The Morgan fingerprint density at radius 2 is 2.05 bits per heavy atom. The molecule has 2 aliphatic rings. The maximum Gasteiger partial charge on any atom is 0.0624 e. The normalized spacial score (nSPS) is 30.4. The Hall–Kier alpha value is -0.830. The molecule has 3 rings (SSSR count). The number of nitrogens with zero attached hydrogens (tertiary/aromatic N) is 2. The molecule has 106 valence electrons. The lowest BCUT2D eigenvalue weighted by Crippen LogP contribution is -2.38. The van der Waals surface area contributed by atoms with Crippen LogP contribution in [0.1, 0.15) is 44.5 Å². The predicted octanol–water partition coefficient (Wildman–Crippen LogP) is 2.55. The molecular formula is C16H27N3. The molecule has 2 aliphatic carbocycles. The van der Waals surface area contributed by atoms with Crippen LogP contribution in [-0.4, -0.2) is 22.4 Å². The first-order valence-electron chi connectivity index (χ1n) is 7.96. The number of likely N-dealkylation sites (N-methyl/N-ethyl adjacent to an activating group) is 1. The van der Waals surface area contributed by atoms with E-state index in [0.29, 0.717) is 6.04 Å². The summed E-state index contributed by atoms with van der Waals surface area (Å²) < 4.78 is 2.08. The molecule has 1 aromatic heterocycles. The van der Waals surface area contributed by atoms with Crippen molar-refractivity contribution in [1.82, 2.24) is 15.1 Å². The van der Waals surface area contributed by atoms with Crippen LogP contribution in [0.3, 0.4) is 0 Å². The number of aromatic nitrogens is 2. The van der Waals surface area contributed by atoms with Crippen LogP contribution in [0, 0.1) is 17.8 Å². The maximum absolute atomic E-state index is 4.58. The molecule has 3 atom stereocenters. The van der Waals surface area contributed by atoms with Gasteiger partial charge in [-0.1, -0.05) is 13.8 Å². The second-order valence-corrected chi connectivity index (χ2v) is 6.46. The van der Waals surface area contributed by atoms with E-state index in [1.807, 2.05) is 0 Å². The quantitative estimate of drug-likeness (QED) is 0.853. The molecule has 3 nitrogen and oxygen atoms in total. The van der Waals surface area contributed by atoms with Gasteiger partial charge in [0.15, 0.2) is 0 Å². The Bertz CT molecular complexity index is 427. The molecule has 0 aromatic carbocycles. The fourth-order valence-electron chi connectivity index (χ4n) is 3.92. The minimum atomic E-state index is 0.651. The van der Waals surface area contributed by atoms with Crippen molar-refractivity contribution in [1.29, 1.82) is 0 Å². The van der Waals surface area contributed by atoms with E-state index in [1.165, 1.54) is 30.7 Å². The first-order chi connectivity index (χ1) is 9.21. The van der Waals surface area contributed by atoms with Gasteiger partial charge in [-0.05, 0) is 56.0 Å². The minimum absolute atomic E-state index is 0.651. The molecule has 3 heteroatoms. The van der Waals surface area contributed by atoms with E-state index >= 15 is 0 Å². The highest BCUT2D eigenvalue weighted by Gasteiger charge is 2.47. The summed E-state index contributed by atoms with van der Waals surface area (Å²) in [7, 11) is 2.09. The summed E-state index contributed by atoms with van der Waals surface area (Å²) in [5.41, 5.74) is 2.62. The van der Waals surface area contributed by atoms with E-state index in [1.54, 1.807) is 0 Å². The largest absolute Gasteiger partial charge is 0.314 e. The lowest BCUT2D eigenvalue weighted by molar-refractivity contribution is 0.332. The van der Waals surface area contributed by atoms with Crippen LogP contribution in [-0.2, 0) is 19.9 Å². The summed E-state index contributed by atoms with van der Waals surface area (Å²) in [5.74, 6) is 3.04. The zero-order valence-electron chi connectivity index (χ0n) is 12.5. The fourth-order valence-corrected chi connectivity index (χ4v) is 3.92. The van der Waals surface area contributed by atoms with E-state index in [2.05, 4.69) is 42.1 Å². The van der Waals surface area contributed by atoms with Crippen molar-refractivity contribution in [3.8, 4) is 0 Å². The van der Waals surface area contributed by atoms with E-state index in [4.69, 9.17) is 0 Å². The van der Waals surface area contributed by atoms with Gasteiger partial charge in [-0.3, -0.25) is 4.68 Å². The molecule has 0 saturated heterocycles. The summed E-state index contributed by atoms with van der Waals surface area (Å²) >= 11 is 0. The van der Waals surface area contributed by atoms with Crippen LogP contribution in [0.2, 0.25) is 0 Å². The highest BCUT2D eigenvalue weighted by molar-refractivity contribution is 5.13. The Labute approximate surface area is 116 Å². The second-order valence-electron chi connectivity index (χ2n) is 6.46. The van der Waals surface area contributed by atoms with Crippen LogP contribution in [0.25, 0.3) is 0 Å². The summed E-state index contributed by atoms with van der Waals surface area (Å²) in [4.78, 5) is 0. The maximum atomic E-state index is 4.58. The molecule has 1 aromatic rings. The van der Waals surface area contributed by atoms with Gasteiger partial charge in [-0.25, -0.2) is 0 Å². The molecular weight excluding hydrogens is 234 g/mol.